The number of hydrogen-bond acceptors (Lipinski definition) is 7. The van der Waals surface area contributed by atoms with E-state index in [9.17, 15) is 24.6 Å². The number of ether oxygens (including phenoxy) is 2. The molecule has 1 aliphatic rings. The molecule has 8 heteroatoms. The fourth-order valence-corrected chi connectivity index (χ4v) is 4.61. The van der Waals surface area contributed by atoms with E-state index in [4.69, 9.17) is 9.47 Å². The number of anilines is 1. The summed E-state index contributed by atoms with van der Waals surface area (Å²) in [6.07, 6.45) is 0. The molecule has 0 aromatic heterocycles. The summed E-state index contributed by atoms with van der Waals surface area (Å²) in [5, 5.41) is 21.3. The lowest BCUT2D eigenvalue weighted by Gasteiger charge is -2.26. The number of ketones is 1. The average molecular weight is 502 g/mol. The van der Waals surface area contributed by atoms with E-state index in [2.05, 4.69) is 0 Å². The summed E-state index contributed by atoms with van der Waals surface area (Å²) in [6, 6.07) is 14.7. The van der Waals surface area contributed by atoms with Gasteiger partial charge in [-0.1, -0.05) is 24.3 Å². The maximum atomic E-state index is 13.5. The Hall–Kier alpha value is -4.59. The lowest BCUT2D eigenvalue weighted by Crippen LogP contribution is -2.29. The Balaban J connectivity index is 1.97. The van der Waals surface area contributed by atoms with Crippen molar-refractivity contribution in [2.45, 2.75) is 26.8 Å². The van der Waals surface area contributed by atoms with Crippen LogP contribution in [0.5, 0.6) is 11.5 Å². The van der Waals surface area contributed by atoms with Crippen molar-refractivity contribution in [2.75, 3.05) is 18.6 Å². The molecule has 1 amide bonds. The minimum absolute atomic E-state index is 0.000915. The Kier molecular flexibility index (Phi) is 7.02. The summed E-state index contributed by atoms with van der Waals surface area (Å²) in [5.41, 5.74) is 2.68. The van der Waals surface area contributed by atoms with Crippen LogP contribution in [0.2, 0.25) is 0 Å². The number of aliphatic hydroxyl groups excluding tert-OH is 1. The largest absolute Gasteiger partial charge is 0.508 e. The number of methoxy groups -OCH3 is 1. The van der Waals surface area contributed by atoms with Crippen LogP contribution in [0.4, 0.5) is 5.69 Å². The molecule has 0 saturated carbocycles. The van der Waals surface area contributed by atoms with Gasteiger partial charge >= 0.3 is 5.97 Å². The topological polar surface area (TPSA) is 113 Å². The third kappa shape index (κ3) is 4.65. The van der Waals surface area contributed by atoms with Crippen LogP contribution in [0.25, 0.3) is 5.76 Å². The van der Waals surface area contributed by atoms with Crippen LogP contribution in [0.1, 0.15) is 45.6 Å². The number of esters is 1. The maximum absolute atomic E-state index is 13.5. The lowest BCUT2D eigenvalue weighted by atomic mass is 9.93. The number of amides is 1. The van der Waals surface area contributed by atoms with E-state index in [0.717, 1.165) is 11.1 Å². The molecule has 190 valence electrons. The van der Waals surface area contributed by atoms with E-state index < -0.39 is 23.7 Å². The number of hydrogen-bond donors (Lipinski definition) is 2. The predicted molar refractivity (Wildman–Crippen MR) is 138 cm³/mol. The first-order chi connectivity index (χ1) is 17.7. The summed E-state index contributed by atoms with van der Waals surface area (Å²) < 4.78 is 10.6. The maximum Gasteiger partial charge on any atom is 0.338 e. The van der Waals surface area contributed by atoms with Gasteiger partial charge in [-0.3, -0.25) is 14.5 Å². The van der Waals surface area contributed by atoms with Crippen molar-refractivity contribution in [1.82, 2.24) is 0 Å². The van der Waals surface area contributed by atoms with Crippen molar-refractivity contribution in [3.8, 4) is 11.5 Å². The molecule has 1 aliphatic heterocycles. The van der Waals surface area contributed by atoms with E-state index in [1.165, 1.54) is 30.2 Å². The minimum Gasteiger partial charge on any atom is -0.508 e. The monoisotopic (exact) mass is 501 g/mol. The summed E-state index contributed by atoms with van der Waals surface area (Å²) in [6.45, 7) is 5.53. The molecule has 0 aliphatic carbocycles. The van der Waals surface area contributed by atoms with E-state index in [0.29, 0.717) is 11.3 Å². The summed E-state index contributed by atoms with van der Waals surface area (Å²) in [7, 11) is 1.46. The van der Waals surface area contributed by atoms with Crippen molar-refractivity contribution in [1.29, 1.82) is 0 Å². The number of nitrogens with zero attached hydrogens (tertiary/aromatic N) is 1. The Morgan fingerprint density at radius 3 is 2.38 bits per heavy atom. The quantitative estimate of drug-likeness (QED) is 0.215. The highest BCUT2D eigenvalue weighted by atomic mass is 16.5. The van der Waals surface area contributed by atoms with Crippen molar-refractivity contribution < 1.29 is 34.1 Å². The second-order valence-corrected chi connectivity index (χ2v) is 8.69. The standard InChI is InChI=1S/C29H27NO7/c1-5-37-29(35)19-7-6-8-20(15-19)30-24(18-9-11-21(31)12-10-18)23(26(33)28(30)34)25(32)22-14-16(2)13-17(3)27(22)36-4/h6-15,24,31-32H,5H2,1-4H3/b25-23+. The summed E-state index contributed by atoms with van der Waals surface area (Å²) in [4.78, 5) is 40.5. The molecule has 0 radical (unpaired) electrons. The van der Waals surface area contributed by atoms with E-state index in [1.54, 1.807) is 43.3 Å². The first kappa shape index (κ1) is 25.5. The zero-order valence-electron chi connectivity index (χ0n) is 20.9. The third-order valence-corrected chi connectivity index (χ3v) is 6.17. The second-order valence-electron chi connectivity index (χ2n) is 8.69. The number of aryl methyl sites for hydroxylation is 2. The number of Topliss-reactive ketones (excluding diaryl/α,β-unsaturated/α-hetero) is 1. The van der Waals surface area contributed by atoms with Crippen LogP contribution in [-0.2, 0) is 14.3 Å². The average Bonchev–Trinajstić information content (AvgIpc) is 3.14. The van der Waals surface area contributed by atoms with Crippen molar-refractivity contribution in [3.05, 3.63) is 94.1 Å². The molecule has 37 heavy (non-hydrogen) atoms. The molecule has 2 N–H and O–H groups in total. The van der Waals surface area contributed by atoms with Crippen LogP contribution in [0.3, 0.4) is 0 Å². The van der Waals surface area contributed by atoms with Gasteiger partial charge in [-0.05, 0) is 73.9 Å². The van der Waals surface area contributed by atoms with Gasteiger partial charge in [0.15, 0.2) is 0 Å². The number of phenolic OH excluding ortho intramolecular Hbond substituents is 1. The van der Waals surface area contributed by atoms with Gasteiger partial charge in [-0.2, -0.15) is 0 Å². The van der Waals surface area contributed by atoms with Gasteiger partial charge in [0, 0.05) is 5.69 Å². The molecule has 8 nitrogen and oxygen atoms in total. The van der Waals surface area contributed by atoms with E-state index in [-0.39, 0.29) is 40.5 Å². The first-order valence-electron chi connectivity index (χ1n) is 11.7. The number of aromatic hydroxyl groups is 1. The van der Waals surface area contributed by atoms with Gasteiger partial charge < -0.3 is 19.7 Å². The highest BCUT2D eigenvalue weighted by molar-refractivity contribution is 6.51. The molecule has 4 rings (SSSR count). The first-order valence-corrected chi connectivity index (χ1v) is 11.7. The number of carbonyl (C=O) groups excluding carboxylic acids is 3. The minimum atomic E-state index is -1.04. The summed E-state index contributed by atoms with van der Waals surface area (Å²) in [5.74, 6) is -2.34. The molecule has 1 atom stereocenters. The molecule has 3 aromatic carbocycles. The van der Waals surface area contributed by atoms with Crippen LogP contribution in [0, 0.1) is 13.8 Å². The molecule has 1 unspecified atom stereocenters. The zero-order chi connectivity index (χ0) is 26.9. The zero-order valence-corrected chi connectivity index (χ0v) is 20.9. The number of phenols is 1. The molecule has 3 aromatic rings. The molecule has 1 saturated heterocycles. The third-order valence-electron chi connectivity index (χ3n) is 6.17. The Bertz CT molecular complexity index is 1420. The molecule has 0 bridgehead atoms. The summed E-state index contributed by atoms with van der Waals surface area (Å²) >= 11 is 0. The van der Waals surface area contributed by atoms with Gasteiger partial charge in [-0.25, -0.2) is 4.79 Å². The van der Waals surface area contributed by atoms with Gasteiger partial charge in [0.05, 0.1) is 36.5 Å². The number of rotatable bonds is 6. The van der Waals surface area contributed by atoms with Gasteiger partial charge in [0.1, 0.15) is 17.3 Å². The smallest absolute Gasteiger partial charge is 0.338 e. The van der Waals surface area contributed by atoms with E-state index in [1.807, 2.05) is 19.9 Å². The van der Waals surface area contributed by atoms with Crippen LogP contribution >= 0.6 is 0 Å². The van der Waals surface area contributed by atoms with Crippen LogP contribution in [0.15, 0.2) is 66.2 Å². The van der Waals surface area contributed by atoms with Crippen LogP contribution in [-0.4, -0.2) is 41.6 Å². The SMILES string of the molecule is CCOC(=O)c1cccc(N2C(=O)C(=O)/C(=C(/O)c3cc(C)cc(C)c3OC)C2c2ccc(O)cc2)c1. The Labute approximate surface area is 214 Å². The predicted octanol–water partition coefficient (Wildman–Crippen LogP) is 4.82. The molecule has 0 spiro atoms. The Morgan fingerprint density at radius 1 is 1.03 bits per heavy atom. The fraction of sp³-hybridized carbons (Fsp3) is 0.207. The Morgan fingerprint density at radius 2 is 1.73 bits per heavy atom. The molecule has 1 fully saturated rings. The molecule has 1 heterocycles. The fourth-order valence-electron chi connectivity index (χ4n) is 4.61. The van der Waals surface area contributed by atoms with Gasteiger partial charge in [0.2, 0.25) is 0 Å². The highest BCUT2D eigenvalue weighted by Gasteiger charge is 2.47. The number of aliphatic hydroxyl groups is 1. The lowest BCUT2D eigenvalue weighted by molar-refractivity contribution is -0.132. The van der Waals surface area contributed by atoms with E-state index >= 15 is 0 Å². The number of benzene rings is 3. The molecular weight excluding hydrogens is 474 g/mol. The normalized spacial score (nSPS) is 16.6. The molecular formula is C29H27NO7. The van der Waals surface area contributed by atoms with Gasteiger partial charge in [0.25, 0.3) is 11.7 Å². The van der Waals surface area contributed by atoms with Crippen LogP contribution < -0.4 is 9.64 Å². The van der Waals surface area contributed by atoms with Crippen molar-refractivity contribution in [3.63, 3.8) is 0 Å². The highest BCUT2D eigenvalue weighted by Crippen LogP contribution is 2.44. The van der Waals surface area contributed by atoms with Gasteiger partial charge in [-0.15, -0.1) is 0 Å². The number of carbonyl (C=O) groups is 3. The van der Waals surface area contributed by atoms with Crippen molar-refractivity contribution >= 4 is 29.1 Å². The van der Waals surface area contributed by atoms with Crippen molar-refractivity contribution in [2.24, 2.45) is 0 Å². The second kappa shape index (κ2) is 10.2.